The third kappa shape index (κ3) is 2.66. The summed E-state index contributed by atoms with van der Waals surface area (Å²) in [6.07, 6.45) is 1.09. The molecule has 0 aliphatic carbocycles. The molecule has 0 aromatic heterocycles. The van der Waals surface area contributed by atoms with E-state index < -0.39 is 0 Å². The summed E-state index contributed by atoms with van der Waals surface area (Å²) >= 11 is 2.38. The van der Waals surface area contributed by atoms with E-state index in [0.717, 1.165) is 23.2 Å². The lowest BCUT2D eigenvalue weighted by Gasteiger charge is -2.07. The second-order valence-corrected chi connectivity index (χ2v) is 3.56. The van der Waals surface area contributed by atoms with Gasteiger partial charge in [0, 0.05) is 4.43 Å². The van der Waals surface area contributed by atoms with E-state index in [2.05, 4.69) is 34.7 Å². The van der Waals surface area contributed by atoms with Gasteiger partial charge in [-0.2, -0.15) is 0 Å². The highest BCUT2D eigenvalue weighted by atomic mass is 127. The van der Waals surface area contributed by atoms with Crippen molar-refractivity contribution in [2.24, 2.45) is 0 Å². The number of benzene rings is 1. The van der Waals surface area contributed by atoms with Crippen LogP contribution in [0.15, 0.2) is 24.3 Å². The van der Waals surface area contributed by atoms with Crippen LogP contribution in [-0.2, 0) is 6.42 Å². The first-order chi connectivity index (χ1) is 5.88. The second-order valence-electron chi connectivity index (χ2n) is 2.48. The number of alkyl halides is 1. The van der Waals surface area contributed by atoms with Gasteiger partial charge in [0.2, 0.25) is 0 Å². The van der Waals surface area contributed by atoms with Gasteiger partial charge in [-0.15, -0.1) is 0 Å². The fraction of sp³-hybridized carbons (Fsp3) is 0.400. The number of para-hydroxylation sites is 1. The average molecular weight is 276 g/mol. The van der Waals surface area contributed by atoms with Crippen molar-refractivity contribution in [3.63, 3.8) is 0 Å². The van der Waals surface area contributed by atoms with E-state index in [1.807, 2.05) is 19.1 Å². The van der Waals surface area contributed by atoms with E-state index in [1.165, 1.54) is 5.56 Å². The Morgan fingerprint density at radius 2 is 2.08 bits per heavy atom. The molecular formula is C10H13IO. The van der Waals surface area contributed by atoms with E-state index >= 15 is 0 Å². The topological polar surface area (TPSA) is 9.23 Å². The Morgan fingerprint density at radius 3 is 2.75 bits per heavy atom. The number of ether oxygens (including phenoxy) is 1. The summed E-state index contributed by atoms with van der Waals surface area (Å²) in [5, 5.41) is 0. The van der Waals surface area contributed by atoms with Crippen LogP contribution in [0.25, 0.3) is 0 Å². The van der Waals surface area contributed by atoms with E-state index in [9.17, 15) is 0 Å². The summed E-state index contributed by atoms with van der Waals surface area (Å²) in [5.74, 6) is 1.04. The van der Waals surface area contributed by atoms with Crippen molar-refractivity contribution in [3.05, 3.63) is 29.8 Å². The Balaban J connectivity index is 2.77. The Morgan fingerprint density at radius 1 is 1.33 bits per heavy atom. The van der Waals surface area contributed by atoms with Crippen LogP contribution in [0.5, 0.6) is 5.75 Å². The molecule has 0 aliphatic rings. The van der Waals surface area contributed by atoms with Gasteiger partial charge in [0.25, 0.3) is 0 Å². The van der Waals surface area contributed by atoms with Crippen LogP contribution in [0.1, 0.15) is 12.5 Å². The molecule has 0 saturated heterocycles. The Hall–Kier alpha value is -0.250. The maximum atomic E-state index is 5.49. The summed E-state index contributed by atoms with van der Waals surface area (Å²) in [5.41, 5.74) is 1.31. The normalized spacial score (nSPS) is 9.83. The highest BCUT2D eigenvalue weighted by Crippen LogP contribution is 2.18. The zero-order valence-electron chi connectivity index (χ0n) is 7.22. The minimum Gasteiger partial charge on any atom is -0.494 e. The molecule has 0 aliphatic heterocycles. The first-order valence-corrected chi connectivity index (χ1v) is 5.67. The molecular weight excluding hydrogens is 263 g/mol. The molecule has 12 heavy (non-hydrogen) atoms. The molecule has 0 heterocycles. The second kappa shape index (κ2) is 5.41. The third-order valence-corrected chi connectivity index (χ3v) is 2.18. The summed E-state index contributed by atoms with van der Waals surface area (Å²) in [6, 6.07) is 8.24. The third-order valence-electron chi connectivity index (χ3n) is 1.64. The smallest absolute Gasteiger partial charge is 0.122 e. The maximum Gasteiger partial charge on any atom is 0.122 e. The van der Waals surface area contributed by atoms with Gasteiger partial charge in [0.15, 0.2) is 0 Å². The summed E-state index contributed by atoms with van der Waals surface area (Å²) in [4.78, 5) is 0. The largest absolute Gasteiger partial charge is 0.494 e. The van der Waals surface area contributed by atoms with Gasteiger partial charge in [-0.05, 0) is 25.0 Å². The average Bonchev–Trinajstić information content (AvgIpc) is 2.09. The number of hydrogen-bond donors (Lipinski definition) is 0. The SMILES string of the molecule is CCOc1ccccc1CCI. The van der Waals surface area contributed by atoms with Gasteiger partial charge in [0.1, 0.15) is 5.75 Å². The van der Waals surface area contributed by atoms with Gasteiger partial charge < -0.3 is 4.74 Å². The molecule has 0 unspecified atom stereocenters. The molecule has 1 nitrogen and oxygen atoms in total. The molecule has 0 spiro atoms. The highest BCUT2D eigenvalue weighted by molar-refractivity contribution is 14.1. The standard InChI is InChI=1S/C10H13IO/c1-2-12-10-6-4-3-5-9(10)7-8-11/h3-6H,2,7-8H2,1H3. The van der Waals surface area contributed by atoms with Crippen molar-refractivity contribution in [2.75, 3.05) is 11.0 Å². The van der Waals surface area contributed by atoms with Crippen LogP contribution in [0.4, 0.5) is 0 Å². The molecule has 0 radical (unpaired) electrons. The number of aryl methyl sites for hydroxylation is 1. The zero-order valence-corrected chi connectivity index (χ0v) is 9.37. The van der Waals surface area contributed by atoms with Gasteiger partial charge in [-0.3, -0.25) is 0 Å². The number of halogens is 1. The summed E-state index contributed by atoms with van der Waals surface area (Å²) < 4.78 is 6.63. The predicted octanol–water partition coefficient (Wildman–Crippen LogP) is 3.06. The van der Waals surface area contributed by atoms with Crippen LogP contribution in [0.3, 0.4) is 0 Å². The van der Waals surface area contributed by atoms with Crippen molar-refractivity contribution in [1.82, 2.24) is 0 Å². The minimum atomic E-state index is 0.748. The van der Waals surface area contributed by atoms with Crippen LogP contribution in [0.2, 0.25) is 0 Å². The van der Waals surface area contributed by atoms with Gasteiger partial charge in [0.05, 0.1) is 6.61 Å². The fourth-order valence-electron chi connectivity index (χ4n) is 1.11. The molecule has 66 valence electrons. The molecule has 1 aromatic carbocycles. The molecule has 0 saturated carbocycles. The molecule has 0 N–H and O–H groups in total. The van der Waals surface area contributed by atoms with Crippen LogP contribution < -0.4 is 4.74 Å². The van der Waals surface area contributed by atoms with Gasteiger partial charge in [-0.1, -0.05) is 40.8 Å². The molecule has 0 amide bonds. The molecule has 0 fully saturated rings. The number of hydrogen-bond acceptors (Lipinski definition) is 1. The van der Waals surface area contributed by atoms with E-state index in [1.54, 1.807) is 0 Å². The summed E-state index contributed by atoms with van der Waals surface area (Å²) in [6.45, 7) is 2.76. The van der Waals surface area contributed by atoms with Crippen molar-refractivity contribution in [3.8, 4) is 5.75 Å². The predicted molar refractivity (Wildman–Crippen MR) is 60.2 cm³/mol. The highest BCUT2D eigenvalue weighted by Gasteiger charge is 1.99. The number of rotatable bonds is 4. The summed E-state index contributed by atoms with van der Waals surface area (Å²) in [7, 11) is 0. The van der Waals surface area contributed by atoms with Gasteiger partial charge >= 0.3 is 0 Å². The van der Waals surface area contributed by atoms with E-state index in [-0.39, 0.29) is 0 Å². The first kappa shape index (κ1) is 9.84. The van der Waals surface area contributed by atoms with Crippen LogP contribution >= 0.6 is 22.6 Å². The zero-order chi connectivity index (χ0) is 8.81. The lowest BCUT2D eigenvalue weighted by atomic mass is 10.1. The molecule has 1 aromatic rings. The van der Waals surface area contributed by atoms with Crippen LogP contribution in [-0.4, -0.2) is 11.0 Å². The Bertz CT molecular complexity index is 210. The minimum absolute atomic E-state index is 0.748. The van der Waals surface area contributed by atoms with Crippen molar-refractivity contribution in [1.29, 1.82) is 0 Å². The fourth-order valence-corrected chi connectivity index (χ4v) is 1.69. The van der Waals surface area contributed by atoms with Crippen molar-refractivity contribution < 1.29 is 4.74 Å². The van der Waals surface area contributed by atoms with Crippen LogP contribution in [0, 0.1) is 0 Å². The van der Waals surface area contributed by atoms with E-state index in [4.69, 9.17) is 4.74 Å². The van der Waals surface area contributed by atoms with E-state index in [0.29, 0.717) is 0 Å². The van der Waals surface area contributed by atoms with Crippen molar-refractivity contribution >= 4 is 22.6 Å². The lowest BCUT2D eigenvalue weighted by Crippen LogP contribution is -1.96. The maximum absolute atomic E-state index is 5.49. The monoisotopic (exact) mass is 276 g/mol. The molecule has 1 rings (SSSR count). The quantitative estimate of drug-likeness (QED) is 0.606. The lowest BCUT2D eigenvalue weighted by molar-refractivity contribution is 0.337. The Kier molecular flexibility index (Phi) is 4.43. The van der Waals surface area contributed by atoms with Crippen molar-refractivity contribution in [2.45, 2.75) is 13.3 Å². The Labute approximate surface area is 87.3 Å². The molecule has 0 atom stereocenters. The van der Waals surface area contributed by atoms with Gasteiger partial charge in [-0.25, -0.2) is 0 Å². The first-order valence-electron chi connectivity index (χ1n) is 4.15. The molecule has 0 bridgehead atoms. The molecule has 2 heteroatoms.